The van der Waals surface area contributed by atoms with Crippen molar-refractivity contribution in [1.82, 2.24) is 15.1 Å². The van der Waals surface area contributed by atoms with Gasteiger partial charge in [0.05, 0.1) is 6.54 Å². The number of nitrogens with one attached hydrogen (secondary N) is 1. The second-order valence-electron chi connectivity index (χ2n) is 7.79. The van der Waals surface area contributed by atoms with Crippen LogP contribution < -0.4 is 5.32 Å². The van der Waals surface area contributed by atoms with E-state index in [2.05, 4.69) is 53.3 Å². The number of rotatable bonds is 7. The van der Waals surface area contributed by atoms with E-state index in [0.717, 1.165) is 32.0 Å². The molecule has 2 unspecified atom stereocenters. The van der Waals surface area contributed by atoms with E-state index in [1.54, 1.807) is 14.0 Å². The van der Waals surface area contributed by atoms with Crippen molar-refractivity contribution in [2.75, 3.05) is 46.3 Å². The number of nitrogens with zero attached hydrogens (tertiary/aromatic N) is 3. The van der Waals surface area contributed by atoms with Crippen molar-refractivity contribution in [3.05, 3.63) is 35.4 Å². The van der Waals surface area contributed by atoms with E-state index in [1.807, 2.05) is 0 Å². The Morgan fingerprint density at radius 1 is 1.38 bits per heavy atom. The molecule has 0 radical (unpaired) electrons. The largest absolute Gasteiger partial charge is 0.401 e. The van der Waals surface area contributed by atoms with Gasteiger partial charge in [0, 0.05) is 33.2 Å². The number of aliphatic imine (C=N–C) groups is 1. The highest BCUT2D eigenvalue weighted by atomic mass is 127. The Kier molecular flexibility index (Phi) is 10.7. The zero-order valence-corrected chi connectivity index (χ0v) is 20.1. The number of likely N-dealkylation sites (tertiary alicyclic amines) is 1. The molecular formula is C21H34F3IN4. The summed E-state index contributed by atoms with van der Waals surface area (Å²) in [5.41, 5.74) is 2.53. The summed E-state index contributed by atoms with van der Waals surface area (Å²) in [5.74, 6) is 1.41. The Morgan fingerprint density at radius 3 is 2.69 bits per heavy atom. The first-order valence-electron chi connectivity index (χ1n) is 10.0. The molecule has 1 aliphatic rings. The molecule has 2 atom stereocenters. The normalized spacial score (nSPS) is 18.7. The van der Waals surface area contributed by atoms with Crippen molar-refractivity contribution in [2.24, 2.45) is 10.9 Å². The number of aryl methyl sites for hydroxylation is 1. The Bertz CT molecular complexity index is 651. The molecule has 0 aromatic heterocycles. The molecule has 0 saturated carbocycles. The molecule has 1 heterocycles. The predicted octanol–water partition coefficient (Wildman–Crippen LogP) is 4.50. The summed E-state index contributed by atoms with van der Waals surface area (Å²) >= 11 is 0. The molecule has 8 heteroatoms. The predicted molar refractivity (Wildman–Crippen MR) is 124 cm³/mol. The summed E-state index contributed by atoms with van der Waals surface area (Å²) in [6.45, 7) is 8.45. The van der Waals surface area contributed by atoms with E-state index in [1.165, 1.54) is 16.0 Å². The molecule has 0 spiro atoms. The highest BCUT2D eigenvalue weighted by Crippen LogP contribution is 2.22. The van der Waals surface area contributed by atoms with Gasteiger partial charge >= 0.3 is 6.18 Å². The lowest BCUT2D eigenvalue weighted by molar-refractivity contribution is -0.146. The SMILES string of the molecule is CCN(CC1CCN(C(=NC)NCC(C)c2cccc(C)c2)C1)CC(F)(F)F.I. The van der Waals surface area contributed by atoms with E-state index >= 15 is 0 Å². The van der Waals surface area contributed by atoms with Crippen LogP contribution in [0.3, 0.4) is 0 Å². The van der Waals surface area contributed by atoms with Crippen LogP contribution in [-0.4, -0.2) is 68.3 Å². The number of halogens is 4. The lowest BCUT2D eigenvalue weighted by atomic mass is 9.99. The molecule has 29 heavy (non-hydrogen) atoms. The van der Waals surface area contributed by atoms with Gasteiger partial charge in [-0.3, -0.25) is 9.89 Å². The van der Waals surface area contributed by atoms with Gasteiger partial charge in [-0.2, -0.15) is 13.2 Å². The number of hydrogen-bond acceptors (Lipinski definition) is 2. The molecule has 1 saturated heterocycles. The van der Waals surface area contributed by atoms with Gasteiger partial charge in [0.2, 0.25) is 0 Å². The van der Waals surface area contributed by atoms with Crippen molar-refractivity contribution in [1.29, 1.82) is 0 Å². The van der Waals surface area contributed by atoms with E-state index in [-0.39, 0.29) is 29.9 Å². The third-order valence-corrected chi connectivity index (χ3v) is 5.34. The van der Waals surface area contributed by atoms with Crippen LogP contribution in [0, 0.1) is 12.8 Å². The van der Waals surface area contributed by atoms with Crippen LogP contribution in [0.4, 0.5) is 13.2 Å². The van der Waals surface area contributed by atoms with Crippen LogP contribution in [-0.2, 0) is 0 Å². The first kappa shape index (κ1) is 26.0. The fourth-order valence-electron chi connectivity index (χ4n) is 3.77. The molecule has 1 N–H and O–H groups in total. The van der Waals surface area contributed by atoms with Gasteiger partial charge in [-0.1, -0.05) is 43.7 Å². The van der Waals surface area contributed by atoms with Crippen LogP contribution in [0.25, 0.3) is 0 Å². The highest BCUT2D eigenvalue weighted by Gasteiger charge is 2.33. The zero-order chi connectivity index (χ0) is 20.7. The quantitative estimate of drug-likeness (QED) is 0.323. The lowest BCUT2D eigenvalue weighted by Gasteiger charge is -2.26. The molecular weight excluding hydrogens is 492 g/mol. The molecule has 1 aliphatic heterocycles. The van der Waals surface area contributed by atoms with E-state index in [9.17, 15) is 13.2 Å². The molecule has 0 amide bonds. The minimum Gasteiger partial charge on any atom is -0.356 e. The fourth-order valence-corrected chi connectivity index (χ4v) is 3.77. The summed E-state index contributed by atoms with van der Waals surface area (Å²) in [6, 6.07) is 8.49. The Balaban J connectivity index is 0.00000420. The van der Waals surface area contributed by atoms with Gasteiger partial charge in [-0.15, -0.1) is 24.0 Å². The van der Waals surface area contributed by atoms with Crippen LogP contribution >= 0.6 is 24.0 Å². The van der Waals surface area contributed by atoms with Gasteiger partial charge in [0.15, 0.2) is 5.96 Å². The maximum Gasteiger partial charge on any atom is 0.401 e. The summed E-state index contributed by atoms with van der Waals surface area (Å²) in [7, 11) is 1.76. The van der Waals surface area contributed by atoms with Crippen molar-refractivity contribution < 1.29 is 13.2 Å². The molecule has 4 nitrogen and oxygen atoms in total. The highest BCUT2D eigenvalue weighted by molar-refractivity contribution is 14.0. The Morgan fingerprint density at radius 2 is 2.10 bits per heavy atom. The minimum atomic E-state index is -4.14. The molecule has 166 valence electrons. The molecule has 0 aliphatic carbocycles. The molecule has 1 fully saturated rings. The van der Waals surface area contributed by atoms with Crippen LogP contribution in [0.2, 0.25) is 0 Å². The van der Waals surface area contributed by atoms with Crippen molar-refractivity contribution in [2.45, 2.75) is 39.3 Å². The van der Waals surface area contributed by atoms with Crippen molar-refractivity contribution >= 4 is 29.9 Å². The average molecular weight is 526 g/mol. The standard InChI is InChI=1S/C21H33F3N4.HI/c1-5-27(15-21(22,23)24)13-18-9-10-28(14-18)20(25-4)26-12-17(3)19-8-6-7-16(2)11-19;/h6-8,11,17-18H,5,9-10,12-15H2,1-4H3,(H,25,26);1H. The number of hydrogen-bond donors (Lipinski definition) is 1. The second kappa shape index (κ2) is 12.0. The number of benzene rings is 1. The Hall–Kier alpha value is -1.03. The fraction of sp³-hybridized carbons (Fsp3) is 0.667. The molecule has 1 aromatic carbocycles. The van der Waals surface area contributed by atoms with E-state index in [4.69, 9.17) is 0 Å². The monoisotopic (exact) mass is 526 g/mol. The summed E-state index contributed by atoms with van der Waals surface area (Å²) < 4.78 is 38.1. The van der Waals surface area contributed by atoms with Gasteiger partial charge < -0.3 is 10.2 Å². The minimum absolute atomic E-state index is 0. The van der Waals surface area contributed by atoms with Gasteiger partial charge in [-0.05, 0) is 37.3 Å². The average Bonchev–Trinajstić information content (AvgIpc) is 3.08. The number of guanidine groups is 1. The van der Waals surface area contributed by atoms with Crippen molar-refractivity contribution in [3.63, 3.8) is 0 Å². The number of alkyl halides is 3. The summed E-state index contributed by atoms with van der Waals surface area (Å²) in [4.78, 5) is 8.04. The zero-order valence-electron chi connectivity index (χ0n) is 17.8. The van der Waals surface area contributed by atoms with Gasteiger partial charge in [-0.25, -0.2) is 0 Å². The van der Waals surface area contributed by atoms with Crippen molar-refractivity contribution in [3.8, 4) is 0 Å². The second-order valence-corrected chi connectivity index (χ2v) is 7.79. The first-order valence-corrected chi connectivity index (χ1v) is 10.0. The Labute approximate surface area is 190 Å². The maximum absolute atomic E-state index is 12.7. The smallest absolute Gasteiger partial charge is 0.356 e. The van der Waals surface area contributed by atoms with Gasteiger partial charge in [0.1, 0.15) is 0 Å². The lowest BCUT2D eigenvalue weighted by Crippen LogP contribution is -2.42. The summed E-state index contributed by atoms with van der Waals surface area (Å²) in [6.07, 6.45) is -3.25. The maximum atomic E-state index is 12.7. The van der Waals surface area contributed by atoms with Crippen LogP contribution in [0.15, 0.2) is 29.3 Å². The summed E-state index contributed by atoms with van der Waals surface area (Å²) in [5, 5.41) is 3.44. The first-order chi connectivity index (χ1) is 13.2. The third-order valence-electron chi connectivity index (χ3n) is 5.34. The van der Waals surface area contributed by atoms with Gasteiger partial charge in [0.25, 0.3) is 0 Å². The van der Waals surface area contributed by atoms with Crippen LogP contribution in [0.1, 0.15) is 37.3 Å². The molecule has 0 bridgehead atoms. The third kappa shape index (κ3) is 8.70. The topological polar surface area (TPSA) is 30.9 Å². The van der Waals surface area contributed by atoms with E-state index < -0.39 is 12.7 Å². The molecule has 2 rings (SSSR count). The molecule has 1 aromatic rings. The van der Waals surface area contributed by atoms with E-state index in [0.29, 0.717) is 19.0 Å². The van der Waals surface area contributed by atoms with Crippen LogP contribution in [0.5, 0.6) is 0 Å².